The predicted octanol–water partition coefficient (Wildman–Crippen LogP) is 4.92. The number of hydrogen-bond acceptors (Lipinski definition) is 5. The number of carbonyl (C=O) groups excluding carboxylic acids is 1. The molecule has 0 fully saturated rings. The van der Waals surface area contributed by atoms with Crippen molar-refractivity contribution in [1.82, 2.24) is 20.6 Å². The minimum atomic E-state index is -5.06. The Kier molecular flexibility index (Phi) is 8.41. The van der Waals surface area contributed by atoms with E-state index in [9.17, 15) is 22.4 Å². The first-order chi connectivity index (χ1) is 16.2. The molecule has 2 aromatic carbocycles. The van der Waals surface area contributed by atoms with Gasteiger partial charge >= 0.3 is 6.36 Å². The Labute approximate surface area is 198 Å². The molecule has 0 saturated heterocycles. The number of aromatic nitrogens is 2. The Bertz CT molecular complexity index is 1100. The van der Waals surface area contributed by atoms with Gasteiger partial charge in [-0.05, 0) is 36.1 Å². The smallest absolute Gasteiger partial charge is 0.403 e. The van der Waals surface area contributed by atoms with Crippen LogP contribution in [0.25, 0.3) is 0 Å². The van der Waals surface area contributed by atoms with Gasteiger partial charge in [0.2, 0.25) is 5.91 Å². The molecule has 0 unspecified atom stereocenters. The topological polar surface area (TPSA) is 76.1 Å². The number of aryl methyl sites for hydroxylation is 1. The molecular weight excluding hydrogens is 476 g/mol. The molecule has 0 radical (unpaired) electrons. The van der Waals surface area contributed by atoms with Gasteiger partial charge in [0.1, 0.15) is 11.2 Å². The van der Waals surface area contributed by atoms with Crippen molar-refractivity contribution in [3.05, 3.63) is 88.7 Å². The highest BCUT2D eigenvalue weighted by molar-refractivity contribution is 6.29. The molecule has 2 atom stereocenters. The van der Waals surface area contributed by atoms with Crippen LogP contribution < -0.4 is 15.4 Å². The van der Waals surface area contributed by atoms with Gasteiger partial charge in [-0.3, -0.25) is 15.1 Å². The number of amides is 1. The van der Waals surface area contributed by atoms with Crippen molar-refractivity contribution < 1.29 is 27.1 Å². The molecule has 0 bridgehead atoms. The molecule has 6 nitrogen and oxygen atoms in total. The number of halogens is 5. The molecule has 0 aliphatic rings. The molecule has 0 aliphatic carbocycles. The zero-order valence-corrected chi connectivity index (χ0v) is 18.7. The van der Waals surface area contributed by atoms with E-state index in [0.29, 0.717) is 29.7 Å². The van der Waals surface area contributed by atoms with Crippen LogP contribution in [0.3, 0.4) is 0 Å². The average Bonchev–Trinajstić information content (AvgIpc) is 2.81. The SMILES string of the molecule is CNC(=O)[C@@H](N[C@@H](CCc1cnc(Cl)cn1)c1ccc(F)c(OC(F)(F)F)c1)c1ccccc1. The van der Waals surface area contributed by atoms with Crippen LogP contribution in [0.1, 0.15) is 35.3 Å². The predicted molar refractivity (Wildman–Crippen MR) is 118 cm³/mol. The van der Waals surface area contributed by atoms with E-state index < -0.39 is 30.0 Å². The first-order valence-electron chi connectivity index (χ1n) is 10.2. The lowest BCUT2D eigenvalue weighted by atomic mass is 9.97. The number of nitrogens with one attached hydrogen (secondary N) is 2. The molecule has 0 saturated carbocycles. The fraction of sp³-hybridized carbons (Fsp3) is 0.261. The maximum absolute atomic E-state index is 14.0. The average molecular weight is 497 g/mol. The van der Waals surface area contributed by atoms with E-state index in [1.165, 1.54) is 25.5 Å². The molecule has 3 aromatic rings. The maximum atomic E-state index is 14.0. The van der Waals surface area contributed by atoms with Crippen molar-refractivity contribution in [2.75, 3.05) is 7.05 Å². The lowest BCUT2D eigenvalue weighted by molar-refractivity contribution is -0.275. The largest absolute Gasteiger partial charge is 0.573 e. The number of rotatable bonds is 9. The van der Waals surface area contributed by atoms with Crippen molar-refractivity contribution in [3.63, 3.8) is 0 Å². The molecule has 3 rings (SSSR count). The maximum Gasteiger partial charge on any atom is 0.573 e. The van der Waals surface area contributed by atoms with Crippen molar-refractivity contribution in [3.8, 4) is 5.75 Å². The molecule has 11 heteroatoms. The number of hydrogen-bond donors (Lipinski definition) is 2. The molecule has 0 aliphatic heterocycles. The van der Waals surface area contributed by atoms with Gasteiger partial charge in [-0.25, -0.2) is 9.37 Å². The Morgan fingerprint density at radius 2 is 1.82 bits per heavy atom. The quantitative estimate of drug-likeness (QED) is 0.411. The second kappa shape index (κ2) is 11.3. The summed E-state index contributed by atoms with van der Waals surface area (Å²) in [6.07, 6.45) is -1.55. The summed E-state index contributed by atoms with van der Waals surface area (Å²) in [5.74, 6) is -2.47. The van der Waals surface area contributed by atoms with Crippen LogP contribution in [0, 0.1) is 5.82 Å². The summed E-state index contributed by atoms with van der Waals surface area (Å²) >= 11 is 5.77. The highest BCUT2D eigenvalue weighted by atomic mass is 35.5. The van der Waals surface area contributed by atoms with Gasteiger partial charge in [0.15, 0.2) is 11.6 Å². The van der Waals surface area contributed by atoms with Gasteiger partial charge in [-0.15, -0.1) is 13.2 Å². The summed E-state index contributed by atoms with van der Waals surface area (Å²) in [5.41, 5.74) is 1.53. The van der Waals surface area contributed by atoms with Crippen LogP contribution in [-0.2, 0) is 11.2 Å². The standard InChI is InChI=1S/C23H21ClF4N4O2/c1-29-22(33)21(14-5-3-2-4-6-14)32-18(10-8-16-12-31-20(24)13-30-16)15-7-9-17(25)19(11-15)34-23(26,27)28/h2-7,9,11-13,18,21,32H,8,10H2,1H3,(H,29,33)/t18-,21-/m0/s1. The first kappa shape index (κ1) is 25.4. The summed E-state index contributed by atoms with van der Waals surface area (Å²) in [4.78, 5) is 20.8. The molecule has 1 amide bonds. The van der Waals surface area contributed by atoms with Crippen LogP contribution in [0.2, 0.25) is 5.15 Å². The summed E-state index contributed by atoms with van der Waals surface area (Å²) in [5, 5.41) is 5.98. The van der Waals surface area contributed by atoms with Crippen molar-refractivity contribution in [2.45, 2.75) is 31.3 Å². The molecular formula is C23H21ClF4N4O2. The zero-order chi connectivity index (χ0) is 24.7. The monoisotopic (exact) mass is 496 g/mol. The molecule has 0 spiro atoms. The number of likely N-dealkylation sites (N-methyl/N-ethyl adjacent to an activating group) is 1. The molecule has 1 aromatic heterocycles. The lowest BCUT2D eigenvalue weighted by Gasteiger charge is -2.26. The first-order valence-corrected chi connectivity index (χ1v) is 10.6. The van der Waals surface area contributed by atoms with E-state index in [2.05, 4.69) is 25.3 Å². The van der Waals surface area contributed by atoms with Gasteiger partial charge in [-0.1, -0.05) is 48.0 Å². The molecule has 34 heavy (non-hydrogen) atoms. The Morgan fingerprint density at radius 3 is 2.44 bits per heavy atom. The van der Waals surface area contributed by atoms with Crippen LogP contribution in [0.4, 0.5) is 17.6 Å². The number of alkyl halides is 3. The van der Waals surface area contributed by atoms with Gasteiger partial charge in [0.25, 0.3) is 0 Å². The van der Waals surface area contributed by atoms with E-state index in [-0.39, 0.29) is 11.1 Å². The third-order valence-electron chi connectivity index (χ3n) is 4.96. The highest BCUT2D eigenvalue weighted by Gasteiger charge is 2.33. The van der Waals surface area contributed by atoms with Gasteiger partial charge < -0.3 is 10.1 Å². The number of benzene rings is 2. The summed E-state index contributed by atoms with van der Waals surface area (Å²) in [7, 11) is 1.48. The Morgan fingerprint density at radius 1 is 1.09 bits per heavy atom. The van der Waals surface area contributed by atoms with E-state index in [0.717, 1.165) is 12.1 Å². The van der Waals surface area contributed by atoms with Gasteiger partial charge in [0.05, 0.1) is 18.1 Å². The molecule has 180 valence electrons. The summed E-state index contributed by atoms with van der Waals surface area (Å²) in [6, 6.07) is 10.5. The third-order valence-corrected chi connectivity index (χ3v) is 5.15. The zero-order valence-electron chi connectivity index (χ0n) is 17.9. The highest BCUT2D eigenvalue weighted by Crippen LogP contribution is 2.31. The van der Waals surface area contributed by atoms with Crippen LogP contribution in [0.15, 0.2) is 60.9 Å². The van der Waals surface area contributed by atoms with Gasteiger partial charge in [0, 0.05) is 13.1 Å². The van der Waals surface area contributed by atoms with Crippen LogP contribution in [-0.4, -0.2) is 29.3 Å². The lowest BCUT2D eigenvalue weighted by Crippen LogP contribution is -2.38. The fourth-order valence-corrected chi connectivity index (χ4v) is 3.46. The minimum absolute atomic E-state index is 0.217. The molecule has 2 N–H and O–H groups in total. The van der Waals surface area contributed by atoms with Crippen molar-refractivity contribution >= 4 is 17.5 Å². The molecule has 1 heterocycles. The third kappa shape index (κ3) is 7.13. The summed E-state index contributed by atoms with van der Waals surface area (Å²) < 4.78 is 56.1. The van der Waals surface area contributed by atoms with E-state index >= 15 is 0 Å². The number of nitrogens with zero attached hydrogens (tertiary/aromatic N) is 2. The van der Waals surface area contributed by atoms with Crippen molar-refractivity contribution in [2.24, 2.45) is 0 Å². The Balaban J connectivity index is 1.95. The van der Waals surface area contributed by atoms with Gasteiger partial charge in [-0.2, -0.15) is 0 Å². The fourth-order valence-electron chi connectivity index (χ4n) is 3.36. The van der Waals surface area contributed by atoms with Crippen LogP contribution in [0.5, 0.6) is 5.75 Å². The van der Waals surface area contributed by atoms with E-state index in [4.69, 9.17) is 11.6 Å². The van der Waals surface area contributed by atoms with Crippen LogP contribution >= 0.6 is 11.6 Å². The summed E-state index contributed by atoms with van der Waals surface area (Å²) in [6.45, 7) is 0. The number of ether oxygens (including phenoxy) is 1. The van der Waals surface area contributed by atoms with Crippen molar-refractivity contribution in [1.29, 1.82) is 0 Å². The minimum Gasteiger partial charge on any atom is -0.403 e. The second-order valence-corrected chi connectivity index (χ2v) is 7.67. The van der Waals surface area contributed by atoms with E-state index in [1.54, 1.807) is 30.3 Å². The number of carbonyl (C=O) groups is 1. The van der Waals surface area contributed by atoms with E-state index in [1.807, 2.05) is 0 Å². The Hall–Kier alpha value is -3.24. The second-order valence-electron chi connectivity index (χ2n) is 7.28. The normalized spacial score (nSPS) is 13.2.